The number of nitrogens with one attached hydrogen (secondary N) is 2. The van der Waals surface area contributed by atoms with Gasteiger partial charge in [0.2, 0.25) is 0 Å². The molecule has 0 radical (unpaired) electrons. The molecule has 0 spiro atoms. The Kier molecular flexibility index (Phi) is 4.16. The minimum Gasteiger partial charge on any atom is -0.489 e. The fraction of sp³-hybridized carbons (Fsp3) is 0.647. The predicted molar refractivity (Wildman–Crippen MR) is 83.3 cm³/mol. The number of hydrogen-bond donors (Lipinski definition) is 2. The Morgan fingerprint density at radius 3 is 2.95 bits per heavy atom. The molecule has 0 amide bonds. The molecule has 1 aliphatic heterocycles. The Bertz CT molecular complexity index is 452. The zero-order valence-electron chi connectivity index (χ0n) is 12.5. The van der Waals surface area contributed by atoms with Crippen LogP contribution in [-0.4, -0.2) is 19.7 Å². The maximum Gasteiger partial charge on any atom is 0.146 e. The fourth-order valence-corrected chi connectivity index (χ4v) is 3.45. The molecular formula is C17H26N2O. The van der Waals surface area contributed by atoms with Crippen LogP contribution in [0.4, 0.5) is 5.69 Å². The smallest absolute Gasteiger partial charge is 0.146 e. The second-order valence-electron chi connectivity index (χ2n) is 6.54. The van der Waals surface area contributed by atoms with E-state index in [9.17, 15) is 0 Å². The number of ether oxygens (including phenoxy) is 1. The van der Waals surface area contributed by atoms with Gasteiger partial charge < -0.3 is 15.4 Å². The van der Waals surface area contributed by atoms with Gasteiger partial charge in [-0.1, -0.05) is 38.3 Å². The molecule has 1 aromatic rings. The van der Waals surface area contributed by atoms with Gasteiger partial charge in [0, 0.05) is 25.2 Å². The van der Waals surface area contributed by atoms with Crippen LogP contribution in [0.1, 0.15) is 44.6 Å². The van der Waals surface area contributed by atoms with Crippen molar-refractivity contribution in [3.05, 3.63) is 23.8 Å². The van der Waals surface area contributed by atoms with Crippen LogP contribution in [0.3, 0.4) is 0 Å². The van der Waals surface area contributed by atoms with Crippen LogP contribution in [0.5, 0.6) is 5.75 Å². The lowest BCUT2D eigenvalue weighted by Gasteiger charge is -2.34. The highest BCUT2D eigenvalue weighted by Gasteiger charge is 2.26. The Labute approximate surface area is 122 Å². The van der Waals surface area contributed by atoms with E-state index in [4.69, 9.17) is 4.74 Å². The highest BCUT2D eigenvalue weighted by molar-refractivity contribution is 5.61. The highest BCUT2D eigenvalue weighted by atomic mass is 16.5. The van der Waals surface area contributed by atoms with E-state index in [0.29, 0.717) is 5.41 Å². The summed E-state index contributed by atoms with van der Waals surface area (Å²) in [6.07, 6.45) is 6.94. The zero-order valence-corrected chi connectivity index (χ0v) is 12.5. The molecule has 110 valence electrons. The molecule has 1 aromatic carbocycles. The molecular weight excluding hydrogens is 248 g/mol. The van der Waals surface area contributed by atoms with Crippen LogP contribution in [0.2, 0.25) is 0 Å². The van der Waals surface area contributed by atoms with Gasteiger partial charge in [0.25, 0.3) is 0 Å². The molecule has 1 fully saturated rings. The molecule has 0 unspecified atom stereocenters. The maximum atomic E-state index is 5.82. The molecule has 3 heteroatoms. The number of hydrogen-bond acceptors (Lipinski definition) is 3. The Morgan fingerprint density at radius 2 is 2.10 bits per heavy atom. The highest BCUT2D eigenvalue weighted by Crippen LogP contribution is 2.35. The van der Waals surface area contributed by atoms with Crippen LogP contribution in [0, 0.1) is 5.41 Å². The van der Waals surface area contributed by atoms with E-state index in [1.807, 2.05) is 0 Å². The lowest BCUT2D eigenvalue weighted by atomic mass is 9.76. The van der Waals surface area contributed by atoms with Gasteiger partial charge in [-0.25, -0.2) is 0 Å². The molecule has 1 heterocycles. The van der Waals surface area contributed by atoms with Gasteiger partial charge >= 0.3 is 0 Å². The van der Waals surface area contributed by atoms with Crippen molar-refractivity contribution in [1.82, 2.24) is 5.32 Å². The van der Waals surface area contributed by atoms with E-state index in [-0.39, 0.29) is 0 Å². The first-order valence-corrected chi connectivity index (χ1v) is 7.96. The SMILES string of the molecule is CC1(CNCc2cccc3c2OCCN3)CCCCC1. The number of rotatable bonds is 4. The molecule has 3 nitrogen and oxygen atoms in total. The minimum absolute atomic E-state index is 0.492. The summed E-state index contributed by atoms with van der Waals surface area (Å²) in [5.74, 6) is 1.04. The fourth-order valence-electron chi connectivity index (χ4n) is 3.45. The van der Waals surface area contributed by atoms with Gasteiger partial charge in [0.1, 0.15) is 12.4 Å². The van der Waals surface area contributed by atoms with Gasteiger partial charge in [-0.3, -0.25) is 0 Å². The third-order valence-electron chi connectivity index (χ3n) is 4.69. The Balaban J connectivity index is 1.58. The minimum atomic E-state index is 0.492. The van der Waals surface area contributed by atoms with Crippen LogP contribution < -0.4 is 15.4 Å². The zero-order chi connectivity index (χ0) is 13.8. The summed E-state index contributed by atoms with van der Waals surface area (Å²) in [4.78, 5) is 0. The molecule has 2 aliphatic rings. The first-order valence-electron chi connectivity index (χ1n) is 7.96. The third kappa shape index (κ3) is 3.09. The van der Waals surface area contributed by atoms with Crippen LogP contribution in [-0.2, 0) is 6.54 Å². The number of anilines is 1. The van der Waals surface area contributed by atoms with Gasteiger partial charge in [-0.2, -0.15) is 0 Å². The average molecular weight is 274 g/mol. The van der Waals surface area contributed by atoms with Crippen molar-refractivity contribution in [3.63, 3.8) is 0 Å². The normalized spacial score (nSPS) is 20.6. The van der Waals surface area contributed by atoms with Crippen molar-refractivity contribution >= 4 is 5.69 Å². The molecule has 0 saturated heterocycles. The summed E-state index contributed by atoms with van der Waals surface area (Å²) in [5, 5.41) is 7.05. The second kappa shape index (κ2) is 6.04. The molecule has 1 saturated carbocycles. The molecule has 0 atom stereocenters. The number of benzene rings is 1. The van der Waals surface area contributed by atoms with E-state index in [2.05, 4.69) is 35.8 Å². The van der Waals surface area contributed by atoms with Crippen LogP contribution in [0.25, 0.3) is 0 Å². The number of para-hydroxylation sites is 1. The second-order valence-corrected chi connectivity index (χ2v) is 6.54. The first kappa shape index (κ1) is 13.7. The topological polar surface area (TPSA) is 33.3 Å². The quantitative estimate of drug-likeness (QED) is 0.881. The third-order valence-corrected chi connectivity index (χ3v) is 4.69. The van der Waals surface area contributed by atoms with Crippen LogP contribution in [0.15, 0.2) is 18.2 Å². The summed E-state index contributed by atoms with van der Waals surface area (Å²) in [6.45, 7) is 6.12. The van der Waals surface area contributed by atoms with Gasteiger partial charge in [0.15, 0.2) is 0 Å². The van der Waals surface area contributed by atoms with Crippen molar-refractivity contribution < 1.29 is 4.74 Å². The molecule has 3 rings (SSSR count). The molecule has 1 aliphatic carbocycles. The lowest BCUT2D eigenvalue weighted by Crippen LogP contribution is -2.33. The summed E-state index contributed by atoms with van der Waals surface area (Å²) >= 11 is 0. The van der Waals surface area contributed by atoms with Crippen molar-refractivity contribution in [3.8, 4) is 5.75 Å². The van der Waals surface area contributed by atoms with E-state index < -0.39 is 0 Å². The lowest BCUT2D eigenvalue weighted by molar-refractivity contribution is 0.207. The van der Waals surface area contributed by atoms with Crippen LogP contribution >= 0.6 is 0 Å². The van der Waals surface area contributed by atoms with Gasteiger partial charge in [-0.05, 0) is 24.3 Å². The standard InChI is InChI=1S/C17H26N2O/c1-17(8-3-2-4-9-17)13-18-12-14-6-5-7-15-16(14)20-11-10-19-15/h5-7,18-19H,2-4,8-13H2,1H3. The average Bonchev–Trinajstić information content (AvgIpc) is 2.48. The first-order chi connectivity index (χ1) is 9.77. The van der Waals surface area contributed by atoms with E-state index in [1.54, 1.807) is 0 Å². The molecule has 0 bridgehead atoms. The van der Waals surface area contributed by atoms with Crippen molar-refractivity contribution in [2.24, 2.45) is 5.41 Å². The van der Waals surface area contributed by atoms with E-state index >= 15 is 0 Å². The van der Waals surface area contributed by atoms with E-state index in [1.165, 1.54) is 37.7 Å². The predicted octanol–water partition coefficient (Wildman–Crippen LogP) is 3.55. The van der Waals surface area contributed by atoms with E-state index in [0.717, 1.165) is 37.7 Å². The van der Waals surface area contributed by atoms with Gasteiger partial charge in [-0.15, -0.1) is 0 Å². The summed E-state index contributed by atoms with van der Waals surface area (Å²) < 4.78 is 5.82. The molecule has 0 aromatic heterocycles. The largest absolute Gasteiger partial charge is 0.489 e. The molecule has 2 N–H and O–H groups in total. The van der Waals surface area contributed by atoms with Crippen molar-refractivity contribution in [1.29, 1.82) is 0 Å². The van der Waals surface area contributed by atoms with Crippen molar-refractivity contribution in [2.75, 3.05) is 25.0 Å². The molecule has 20 heavy (non-hydrogen) atoms. The van der Waals surface area contributed by atoms with Crippen molar-refractivity contribution in [2.45, 2.75) is 45.6 Å². The summed E-state index contributed by atoms with van der Waals surface area (Å²) in [5.41, 5.74) is 2.90. The monoisotopic (exact) mass is 274 g/mol. The summed E-state index contributed by atoms with van der Waals surface area (Å²) in [7, 11) is 0. The maximum absolute atomic E-state index is 5.82. The summed E-state index contributed by atoms with van der Waals surface area (Å²) in [6, 6.07) is 6.38. The Morgan fingerprint density at radius 1 is 1.25 bits per heavy atom. The Hall–Kier alpha value is -1.22. The van der Waals surface area contributed by atoms with Gasteiger partial charge in [0.05, 0.1) is 5.69 Å². The number of fused-ring (bicyclic) bond motifs is 1.